The van der Waals surface area contributed by atoms with E-state index in [1.165, 1.54) is 0 Å². The first-order valence-corrected chi connectivity index (χ1v) is 9.01. The van der Waals surface area contributed by atoms with Crippen LogP contribution in [0.1, 0.15) is 43.4 Å². The van der Waals surface area contributed by atoms with Crippen LogP contribution in [0.25, 0.3) is 0 Å². The van der Waals surface area contributed by atoms with Gasteiger partial charge in [0.2, 0.25) is 5.91 Å². The third kappa shape index (κ3) is 7.49. The van der Waals surface area contributed by atoms with Crippen LogP contribution in [-0.2, 0) is 11.3 Å². The van der Waals surface area contributed by atoms with Crippen LogP contribution in [0.3, 0.4) is 0 Å². The summed E-state index contributed by atoms with van der Waals surface area (Å²) in [6, 6.07) is 15.0. The van der Waals surface area contributed by atoms with Crippen molar-refractivity contribution in [1.29, 1.82) is 0 Å². The van der Waals surface area contributed by atoms with Gasteiger partial charge in [-0.2, -0.15) is 0 Å². The number of methoxy groups -OCH3 is 1. The van der Waals surface area contributed by atoms with E-state index >= 15 is 0 Å². The minimum atomic E-state index is -0.305. The van der Waals surface area contributed by atoms with Crippen LogP contribution in [0, 0.1) is 0 Å². The number of hydrogen-bond acceptors (Lipinski definition) is 4. The zero-order valence-electron chi connectivity index (χ0n) is 15.9. The number of benzene rings is 2. The molecule has 1 unspecified atom stereocenters. The lowest BCUT2D eigenvalue weighted by molar-refractivity contribution is -0.121. The average Bonchev–Trinajstić information content (AvgIpc) is 2.67. The molecule has 0 radical (unpaired) electrons. The topological polar surface area (TPSA) is 73.6 Å². The Morgan fingerprint density at radius 1 is 1.15 bits per heavy atom. The number of carbonyl (C=O) groups is 1. The summed E-state index contributed by atoms with van der Waals surface area (Å²) in [6.45, 7) is 3.21. The average molecular weight is 393 g/mol. The molecule has 0 bridgehead atoms. The van der Waals surface area contributed by atoms with Gasteiger partial charge in [-0.15, -0.1) is 12.4 Å². The Labute approximate surface area is 167 Å². The lowest BCUT2D eigenvalue weighted by atomic mass is 10.0. The molecule has 6 heteroatoms. The summed E-state index contributed by atoms with van der Waals surface area (Å²) in [6.07, 6.45) is 2.33. The summed E-state index contributed by atoms with van der Waals surface area (Å²) < 4.78 is 11.1. The number of rotatable bonds is 10. The van der Waals surface area contributed by atoms with Gasteiger partial charge in [0.25, 0.3) is 0 Å². The Bertz CT molecular complexity index is 695. The molecule has 0 aliphatic heterocycles. The van der Waals surface area contributed by atoms with Gasteiger partial charge in [-0.3, -0.25) is 4.79 Å². The first-order chi connectivity index (χ1) is 12.6. The van der Waals surface area contributed by atoms with Crippen molar-refractivity contribution < 1.29 is 14.3 Å². The van der Waals surface area contributed by atoms with Gasteiger partial charge in [-0.25, -0.2) is 0 Å². The molecule has 0 aromatic heterocycles. The molecule has 3 N–H and O–H groups in total. The molecule has 0 heterocycles. The number of unbranched alkanes of at least 4 members (excludes halogenated alkanes) is 1. The molecule has 27 heavy (non-hydrogen) atoms. The molecular formula is C21H29ClN2O3. The van der Waals surface area contributed by atoms with Gasteiger partial charge in [-0.05, 0) is 29.7 Å². The highest BCUT2D eigenvalue weighted by Crippen LogP contribution is 2.28. The Kier molecular flexibility index (Phi) is 10.3. The fourth-order valence-corrected chi connectivity index (χ4v) is 2.56. The number of carbonyl (C=O) groups excluding carboxylic acids is 1. The second-order valence-electron chi connectivity index (χ2n) is 6.19. The van der Waals surface area contributed by atoms with Crippen molar-refractivity contribution in [3.63, 3.8) is 0 Å². The fraction of sp³-hybridized carbons (Fsp3) is 0.381. The van der Waals surface area contributed by atoms with Crippen LogP contribution in [0.15, 0.2) is 48.5 Å². The van der Waals surface area contributed by atoms with Crippen LogP contribution in [0.4, 0.5) is 0 Å². The highest BCUT2D eigenvalue weighted by Gasteiger charge is 2.12. The minimum absolute atomic E-state index is 0. The summed E-state index contributed by atoms with van der Waals surface area (Å²) in [5.41, 5.74) is 8.00. The Morgan fingerprint density at radius 2 is 1.89 bits per heavy atom. The van der Waals surface area contributed by atoms with Crippen molar-refractivity contribution in [2.45, 2.75) is 38.8 Å². The number of nitrogens with one attached hydrogen (secondary N) is 1. The molecule has 5 nitrogen and oxygen atoms in total. The van der Waals surface area contributed by atoms with Gasteiger partial charge in [0, 0.05) is 19.0 Å². The first-order valence-electron chi connectivity index (χ1n) is 9.01. The summed E-state index contributed by atoms with van der Waals surface area (Å²) in [5, 5.41) is 2.91. The number of hydrogen-bond donors (Lipinski definition) is 2. The third-order valence-corrected chi connectivity index (χ3v) is 4.11. The van der Waals surface area contributed by atoms with Crippen LogP contribution < -0.4 is 20.5 Å². The van der Waals surface area contributed by atoms with Crippen LogP contribution >= 0.6 is 12.4 Å². The van der Waals surface area contributed by atoms with Gasteiger partial charge in [0.1, 0.15) is 0 Å². The van der Waals surface area contributed by atoms with Crippen molar-refractivity contribution in [2.24, 2.45) is 5.73 Å². The number of amides is 1. The van der Waals surface area contributed by atoms with Crippen molar-refractivity contribution in [3.8, 4) is 11.5 Å². The van der Waals surface area contributed by atoms with Gasteiger partial charge in [-0.1, -0.05) is 49.7 Å². The summed E-state index contributed by atoms with van der Waals surface area (Å²) >= 11 is 0. The van der Waals surface area contributed by atoms with E-state index < -0.39 is 0 Å². The SMILES string of the molecule is CCCCOc1ccc(CNC(=O)CC(N)c2ccccc2)cc1OC.Cl. The molecule has 0 saturated heterocycles. The van der Waals surface area contributed by atoms with E-state index in [1.807, 2.05) is 48.5 Å². The fourth-order valence-electron chi connectivity index (χ4n) is 2.56. The second kappa shape index (κ2) is 12.2. The predicted molar refractivity (Wildman–Crippen MR) is 110 cm³/mol. The molecule has 2 rings (SSSR count). The van der Waals surface area contributed by atoms with E-state index in [1.54, 1.807) is 7.11 Å². The van der Waals surface area contributed by atoms with Crippen molar-refractivity contribution in [3.05, 3.63) is 59.7 Å². The monoisotopic (exact) mass is 392 g/mol. The molecule has 0 aliphatic rings. The van der Waals surface area contributed by atoms with Gasteiger partial charge in [0.15, 0.2) is 11.5 Å². The first kappa shape index (κ1) is 22.8. The normalized spacial score (nSPS) is 11.2. The second-order valence-corrected chi connectivity index (χ2v) is 6.19. The maximum absolute atomic E-state index is 12.1. The van der Waals surface area contributed by atoms with Gasteiger partial charge < -0.3 is 20.5 Å². The summed E-state index contributed by atoms with van der Waals surface area (Å²) in [4.78, 5) is 12.1. The van der Waals surface area contributed by atoms with Crippen molar-refractivity contribution >= 4 is 18.3 Å². The van der Waals surface area contributed by atoms with Crippen molar-refractivity contribution in [1.82, 2.24) is 5.32 Å². The van der Waals surface area contributed by atoms with E-state index in [9.17, 15) is 4.79 Å². The summed E-state index contributed by atoms with van der Waals surface area (Å²) in [5.74, 6) is 1.32. The highest BCUT2D eigenvalue weighted by atomic mass is 35.5. The molecular weight excluding hydrogens is 364 g/mol. The van der Waals surface area contributed by atoms with E-state index in [4.69, 9.17) is 15.2 Å². The quantitative estimate of drug-likeness (QED) is 0.599. The summed E-state index contributed by atoms with van der Waals surface area (Å²) in [7, 11) is 1.61. The van der Waals surface area contributed by atoms with Crippen molar-refractivity contribution in [2.75, 3.05) is 13.7 Å². The van der Waals surface area contributed by atoms with Crippen LogP contribution in [0.5, 0.6) is 11.5 Å². The lowest BCUT2D eigenvalue weighted by Crippen LogP contribution is -2.27. The Morgan fingerprint density at radius 3 is 2.56 bits per heavy atom. The van der Waals surface area contributed by atoms with Gasteiger partial charge >= 0.3 is 0 Å². The molecule has 2 aromatic carbocycles. The Balaban J connectivity index is 0.00000364. The zero-order chi connectivity index (χ0) is 18.8. The van der Waals surface area contributed by atoms with Gasteiger partial charge in [0.05, 0.1) is 13.7 Å². The van der Waals surface area contributed by atoms with E-state index in [0.29, 0.717) is 18.9 Å². The van der Waals surface area contributed by atoms with E-state index in [2.05, 4.69) is 12.2 Å². The van der Waals surface area contributed by atoms with E-state index in [0.717, 1.165) is 29.7 Å². The minimum Gasteiger partial charge on any atom is -0.493 e. The molecule has 1 amide bonds. The Hall–Kier alpha value is -2.24. The number of halogens is 1. The molecule has 0 aliphatic carbocycles. The standard InChI is InChI=1S/C21H28N2O3.ClH/c1-3-4-12-26-19-11-10-16(13-20(19)25-2)15-23-21(24)14-18(22)17-8-6-5-7-9-17;/h5-11,13,18H,3-4,12,14-15,22H2,1-2H3,(H,23,24);1H. The number of ether oxygens (including phenoxy) is 2. The number of nitrogens with two attached hydrogens (primary N) is 1. The highest BCUT2D eigenvalue weighted by molar-refractivity contribution is 5.85. The third-order valence-electron chi connectivity index (χ3n) is 4.11. The van der Waals surface area contributed by atoms with E-state index in [-0.39, 0.29) is 30.8 Å². The molecule has 0 spiro atoms. The molecule has 1 atom stereocenters. The largest absolute Gasteiger partial charge is 0.493 e. The molecule has 0 saturated carbocycles. The molecule has 2 aromatic rings. The predicted octanol–water partition coefficient (Wildman–Crippen LogP) is 4.00. The van der Waals surface area contributed by atoms with Crippen LogP contribution in [0.2, 0.25) is 0 Å². The smallest absolute Gasteiger partial charge is 0.222 e. The lowest BCUT2D eigenvalue weighted by Gasteiger charge is -2.14. The zero-order valence-corrected chi connectivity index (χ0v) is 16.8. The maximum Gasteiger partial charge on any atom is 0.222 e. The molecule has 0 fully saturated rings. The molecule has 148 valence electrons. The van der Waals surface area contributed by atoms with Crippen LogP contribution in [-0.4, -0.2) is 19.6 Å². The maximum atomic E-state index is 12.1.